The molecule has 7 heteroatoms. The minimum absolute atomic E-state index is 0.389. The molecule has 0 aromatic carbocycles. The Hall–Kier alpha value is -1.08. The number of likely N-dealkylation sites (tertiary alicyclic amines) is 1. The second-order valence-corrected chi connectivity index (χ2v) is 4.50. The van der Waals surface area contributed by atoms with Gasteiger partial charge in [0.1, 0.15) is 0 Å². The first kappa shape index (κ1) is 13.4. The number of halogens is 3. The van der Waals surface area contributed by atoms with Gasteiger partial charge in [-0.25, -0.2) is 0 Å². The topological polar surface area (TPSA) is 41.3 Å². The molecule has 2 atom stereocenters. The zero-order chi connectivity index (χ0) is 13.2. The minimum atomic E-state index is -4.54. The summed E-state index contributed by atoms with van der Waals surface area (Å²) in [6, 6.07) is 0.951. The van der Waals surface area contributed by atoms with Crippen molar-refractivity contribution in [1.82, 2.24) is 14.7 Å². The molecule has 1 saturated heterocycles. The number of rotatable bonds is 4. The van der Waals surface area contributed by atoms with E-state index in [-0.39, 0.29) is 0 Å². The van der Waals surface area contributed by atoms with Crippen LogP contribution in [-0.4, -0.2) is 51.2 Å². The van der Waals surface area contributed by atoms with Crippen LogP contribution in [0.2, 0.25) is 0 Å². The van der Waals surface area contributed by atoms with Gasteiger partial charge >= 0.3 is 6.18 Å². The Labute approximate surface area is 103 Å². The highest BCUT2D eigenvalue weighted by molar-refractivity contribution is 4.88. The average Bonchev–Trinajstić information content (AvgIpc) is 2.95. The van der Waals surface area contributed by atoms with Crippen molar-refractivity contribution in [3.05, 3.63) is 18.5 Å². The van der Waals surface area contributed by atoms with Crippen molar-refractivity contribution in [2.24, 2.45) is 0 Å². The number of aliphatic hydroxyl groups is 1. The van der Waals surface area contributed by atoms with Crippen LogP contribution < -0.4 is 0 Å². The first-order valence-corrected chi connectivity index (χ1v) is 5.95. The third-order valence-corrected chi connectivity index (χ3v) is 3.29. The Bertz CT molecular complexity index is 366. The van der Waals surface area contributed by atoms with Gasteiger partial charge in [0.25, 0.3) is 0 Å². The van der Waals surface area contributed by atoms with E-state index in [0.717, 1.165) is 0 Å². The van der Waals surface area contributed by atoms with Gasteiger partial charge < -0.3 is 5.11 Å². The maximum atomic E-state index is 12.5. The minimum Gasteiger partial charge on any atom is -0.382 e. The number of aliphatic hydroxyl groups excluding tert-OH is 1. The molecule has 2 unspecified atom stereocenters. The van der Waals surface area contributed by atoms with Crippen LogP contribution in [0.25, 0.3) is 0 Å². The fourth-order valence-electron chi connectivity index (χ4n) is 2.37. The van der Waals surface area contributed by atoms with Gasteiger partial charge in [0.15, 0.2) is 6.10 Å². The van der Waals surface area contributed by atoms with Crippen LogP contribution >= 0.6 is 0 Å². The van der Waals surface area contributed by atoms with Crippen molar-refractivity contribution < 1.29 is 18.3 Å². The van der Waals surface area contributed by atoms with E-state index in [2.05, 4.69) is 5.10 Å². The van der Waals surface area contributed by atoms with Crippen molar-refractivity contribution >= 4 is 0 Å². The van der Waals surface area contributed by atoms with Crippen LogP contribution in [0.3, 0.4) is 0 Å². The number of alkyl halides is 3. The fourth-order valence-corrected chi connectivity index (χ4v) is 2.37. The maximum Gasteiger partial charge on any atom is 0.415 e. The predicted molar refractivity (Wildman–Crippen MR) is 58.9 cm³/mol. The van der Waals surface area contributed by atoms with Gasteiger partial charge in [0.05, 0.1) is 6.54 Å². The molecule has 102 valence electrons. The van der Waals surface area contributed by atoms with E-state index in [0.29, 0.717) is 32.5 Å². The van der Waals surface area contributed by atoms with Crippen molar-refractivity contribution in [2.75, 3.05) is 13.1 Å². The molecule has 18 heavy (non-hydrogen) atoms. The molecular formula is C11H16F3N3O. The lowest BCUT2D eigenvalue weighted by Gasteiger charge is -2.29. The van der Waals surface area contributed by atoms with Crippen LogP contribution in [-0.2, 0) is 6.54 Å². The summed E-state index contributed by atoms with van der Waals surface area (Å²) in [6.45, 7) is 1.60. The van der Waals surface area contributed by atoms with Gasteiger partial charge in [-0.05, 0) is 25.5 Å². The predicted octanol–water partition coefficient (Wildman–Crippen LogP) is 1.27. The van der Waals surface area contributed by atoms with Crippen molar-refractivity contribution in [3.63, 3.8) is 0 Å². The Balaban J connectivity index is 1.91. The Morgan fingerprint density at radius 2 is 2.17 bits per heavy atom. The quantitative estimate of drug-likeness (QED) is 0.889. The Morgan fingerprint density at radius 1 is 1.39 bits per heavy atom. The summed E-state index contributed by atoms with van der Waals surface area (Å²) in [4.78, 5) is 1.69. The standard InChI is InChI=1S/C11H16F3N3O/c12-11(13,14)10(18)9-3-1-5-16(9)7-8-17-6-2-4-15-17/h2,4,6,9-10,18H,1,3,5,7-8H2. The molecule has 2 heterocycles. The lowest BCUT2D eigenvalue weighted by molar-refractivity contribution is -0.219. The maximum absolute atomic E-state index is 12.5. The highest BCUT2D eigenvalue weighted by Gasteiger charge is 2.46. The van der Waals surface area contributed by atoms with Crippen molar-refractivity contribution in [2.45, 2.75) is 37.7 Å². The highest BCUT2D eigenvalue weighted by Crippen LogP contribution is 2.30. The van der Waals surface area contributed by atoms with Gasteiger partial charge in [-0.2, -0.15) is 18.3 Å². The molecule has 0 spiro atoms. The van der Waals surface area contributed by atoms with E-state index in [1.54, 1.807) is 28.0 Å². The largest absolute Gasteiger partial charge is 0.415 e. The molecule has 1 aliphatic rings. The summed E-state index contributed by atoms with van der Waals surface area (Å²) < 4.78 is 39.2. The average molecular weight is 263 g/mol. The summed E-state index contributed by atoms with van der Waals surface area (Å²) >= 11 is 0. The summed E-state index contributed by atoms with van der Waals surface area (Å²) in [5.41, 5.74) is 0. The third-order valence-electron chi connectivity index (χ3n) is 3.29. The molecule has 2 rings (SSSR count). The Morgan fingerprint density at radius 3 is 2.78 bits per heavy atom. The third kappa shape index (κ3) is 3.02. The number of nitrogens with zero attached hydrogens (tertiary/aromatic N) is 3. The van der Waals surface area contributed by atoms with Gasteiger partial charge in [-0.1, -0.05) is 0 Å². The lowest BCUT2D eigenvalue weighted by Crippen LogP contribution is -2.47. The van der Waals surface area contributed by atoms with E-state index >= 15 is 0 Å². The zero-order valence-electron chi connectivity index (χ0n) is 9.85. The fraction of sp³-hybridized carbons (Fsp3) is 0.727. The number of hydrogen-bond acceptors (Lipinski definition) is 3. The zero-order valence-corrected chi connectivity index (χ0v) is 9.85. The molecule has 1 aromatic rings. The molecule has 1 aliphatic heterocycles. The Kier molecular flexibility index (Phi) is 3.91. The molecule has 4 nitrogen and oxygen atoms in total. The lowest BCUT2D eigenvalue weighted by atomic mass is 10.1. The molecule has 1 N–H and O–H groups in total. The molecule has 1 fully saturated rings. The molecule has 1 aromatic heterocycles. The van der Waals surface area contributed by atoms with Gasteiger partial charge in [-0.15, -0.1) is 0 Å². The molecule has 0 bridgehead atoms. The van der Waals surface area contributed by atoms with Gasteiger partial charge in [0, 0.05) is 25.0 Å². The van der Waals surface area contributed by atoms with Crippen LogP contribution in [0.1, 0.15) is 12.8 Å². The van der Waals surface area contributed by atoms with E-state index in [1.807, 2.05) is 0 Å². The van der Waals surface area contributed by atoms with Gasteiger partial charge in [0.2, 0.25) is 0 Å². The van der Waals surface area contributed by atoms with E-state index in [4.69, 9.17) is 0 Å². The summed E-state index contributed by atoms with van der Waals surface area (Å²) in [7, 11) is 0. The highest BCUT2D eigenvalue weighted by atomic mass is 19.4. The first-order valence-electron chi connectivity index (χ1n) is 5.95. The van der Waals surface area contributed by atoms with Gasteiger partial charge in [-0.3, -0.25) is 9.58 Å². The van der Waals surface area contributed by atoms with Crippen LogP contribution in [0.5, 0.6) is 0 Å². The number of aromatic nitrogens is 2. The molecular weight excluding hydrogens is 247 g/mol. The summed E-state index contributed by atoms with van der Waals surface area (Å²) in [5, 5.41) is 13.3. The second kappa shape index (κ2) is 5.27. The molecule has 0 aliphatic carbocycles. The molecule has 0 amide bonds. The van der Waals surface area contributed by atoms with Crippen LogP contribution in [0, 0.1) is 0 Å². The first-order chi connectivity index (χ1) is 8.48. The van der Waals surface area contributed by atoms with Crippen molar-refractivity contribution in [1.29, 1.82) is 0 Å². The van der Waals surface area contributed by atoms with E-state index in [1.165, 1.54) is 0 Å². The van der Waals surface area contributed by atoms with Crippen LogP contribution in [0.4, 0.5) is 13.2 Å². The normalized spacial score (nSPS) is 23.4. The summed E-state index contributed by atoms with van der Waals surface area (Å²) in [5.74, 6) is 0. The summed E-state index contributed by atoms with van der Waals surface area (Å²) in [6.07, 6.45) is -2.31. The van der Waals surface area contributed by atoms with E-state index in [9.17, 15) is 18.3 Å². The second-order valence-electron chi connectivity index (χ2n) is 4.50. The monoisotopic (exact) mass is 263 g/mol. The molecule has 0 saturated carbocycles. The van der Waals surface area contributed by atoms with Crippen molar-refractivity contribution in [3.8, 4) is 0 Å². The SMILES string of the molecule is OC(C1CCCN1CCn1cccn1)C(F)(F)F. The molecule has 0 radical (unpaired) electrons. The van der Waals surface area contributed by atoms with Crippen LogP contribution in [0.15, 0.2) is 18.5 Å². The number of hydrogen-bond donors (Lipinski definition) is 1. The van der Waals surface area contributed by atoms with E-state index < -0.39 is 18.3 Å². The smallest absolute Gasteiger partial charge is 0.382 e.